The molecule has 0 aromatic carbocycles. The number of hydrogen-bond acceptors (Lipinski definition) is 8. The van der Waals surface area contributed by atoms with Crippen LogP contribution in [0.25, 0.3) is 0 Å². The highest BCUT2D eigenvalue weighted by Crippen LogP contribution is 2.29. The Morgan fingerprint density at radius 2 is 1.83 bits per heavy atom. The molecule has 1 saturated heterocycles. The first-order valence-corrected chi connectivity index (χ1v) is 12.0. The van der Waals surface area contributed by atoms with E-state index in [4.69, 9.17) is 0 Å². The Bertz CT molecular complexity index is 1100. The molecule has 0 spiro atoms. The summed E-state index contributed by atoms with van der Waals surface area (Å²) in [6.45, 7) is 3.94. The molecule has 8 nitrogen and oxygen atoms in total. The summed E-state index contributed by atoms with van der Waals surface area (Å²) < 4.78 is 28.2. The Balaban J connectivity index is 1.38. The van der Waals surface area contributed by atoms with Gasteiger partial charge in [0.2, 0.25) is 0 Å². The molecular formula is C18H19BrN6O2S2. The van der Waals surface area contributed by atoms with Crippen LogP contribution in [0, 0.1) is 6.92 Å². The van der Waals surface area contributed by atoms with Crippen LogP contribution >= 0.6 is 27.3 Å². The van der Waals surface area contributed by atoms with Crippen molar-refractivity contribution >= 4 is 54.7 Å². The normalized spacial score (nSPS) is 15.4. The Labute approximate surface area is 181 Å². The van der Waals surface area contributed by atoms with Crippen LogP contribution in [0.2, 0.25) is 0 Å². The van der Waals surface area contributed by atoms with Crippen molar-refractivity contribution in [2.45, 2.75) is 11.1 Å². The zero-order valence-electron chi connectivity index (χ0n) is 15.6. The number of hydrogen-bond donors (Lipinski definition) is 1. The standard InChI is InChI=1S/C18H19BrN6O2S2/c1-13-6-7-20-16(12-13)21-15-3-4-17(23-22-15)24-8-10-25(11-9-24)29(26,27)18-5-2-14(19)28-18/h2-7,12H,8-11H2,1H3,(H,20,21,22). The number of piperazine rings is 1. The van der Waals surface area contributed by atoms with Gasteiger partial charge in [0.25, 0.3) is 10.0 Å². The van der Waals surface area contributed by atoms with Crippen molar-refractivity contribution in [3.63, 3.8) is 0 Å². The van der Waals surface area contributed by atoms with Crippen LogP contribution in [0.15, 0.2) is 50.6 Å². The van der Waals surface area contributed by atoms with Gasteiger partial charge in [-0.25, -0.2) is 13.4 Å². The summed E-state index contributed by atoms with van der Waals surface area (Å²) in [5.41, 5.74) is 1.11. The minimum Gasteiger partial charge on any atom is -0.352 e. The predicted molar refractivity (Wildman–Crippen MR) is 117 cm³/mol. The molecule has 29 heavy (non-hydrogen) atoms. The molecule has 0 bridgehead atoms. The lowest BCUT2D eigenvalue weighted by molar-refractivity contribution is 0.384. The van der Waals surface area contributed by atoms with Gasteiger partial charge in [-0.05, 0) is 64.8 Å². The number of aromatic nitrogens is 3. The van der Waals surface area contributed by atoms with Crippen LogP contribution in [0.4, 0.5) is 17.5 Å². The van der Waals surface area contributed by atoms with Crippen molar-refractivity contribution in [3.05, 3.63) is 51.9 Å². The molecule has 0 aliphatic carbocycles. The van der Waals surface area contributed by atoms with Crippen molar-refractivity contribution in [1.29, 1.82) is 0 Å². The van der Waals surface area contributed by atoms with Gasteiger partial charge < -0.3 is 10.2 Å². The monoisotopic (exact) mass is 494 g/mol. The second-order valence-electron chi connectivity index (χ2n) is 6.57. The number of nitrogens with zero attached hydrogens (tertiary/aromatic N) is 5. The zero-order chi connectivity index (χ0) is 20.4. The maximum Gasteiger partial charge on any atom is 0.252 e. The second kappa shape index (κ2) is 8.34. The molecule has 1 aliphatic heterocycles. The molecule has 0 saturated carbocycles. The fraction of sp³-hybridized carbons (Fsp3) is 0.278. The molecule has 1 aliphatic rings. The van der Waals surface area contributed by atoms with E-state index in [1.165, 1.54) is 15.6 Å². The lowest BCUT2D eigenvalue weighted by Crippen LogP contribution is -2.48. The summed E-state index contributed by atoms with van der Waals surface area (Å²) in [6.07, 6.45) is 1.74. The first-order chi connectivity index (χ1) is 13.9. The molecule has 3 aromatic rings. The summed E-state index contributed by atoms with van der Waals surface area (Å²) in [6, 6.07) is 11.0. The van der Waals surface area contributed by atoms with Crippen molar-refractivity contribution < 1.29 is 8.42 Å². The summed E-state index contributed by atoms with van der Waals surface area (Å²) in [5, 5.41) is 11.6. The van der Waals surface area contributed by atoms with E-state index in [-0.39, 0.29) is 0 Å². The molecule has 152 valence electrons. The Hall–Kier alpha value is -2.08. The lowest BCUT2D eigenvalue weighted by atomic mass is 10.3. The van der Waals surface area contributed by atoms with Gasteiger partial charge in [-0.3, -0.25) is 0 Å². The number of nitrogens with one attached hydrogen (secondary N) is 1. The van der Waals surface area contributed by atoms with Crippen LogP contribution in [0.1, 0.15) is 5.56 Å². The molecule has 1 N–H and O–H groups in total. The van der Waals surface area contributed by atoms with E-state index in [2.05, 4.69) is 36.4 Å². The highest BCUT2D eigenvalue weighted by molar-refractivity contribution is 9.11. The average Bonchev–Trinajstić information content (AvgIpc) is 3.16. The summed E-state index contributed by atoms with van der Waals surface area (Å²) in [5.74, 6) is 2.05. The van der Waals surface area contributed by atoms with Crippen molar-refractivity contribution in [2.75, 3.05) is 36.4 Å². The highest BCUT2D eigenvalue weighted by atomic mass is 79.9. The number of thiophene rings is 1. The quantitative estimate of drug-likeness (QED) is 0.581. The molecule has 1 fully saturated rings. The maximum atomic E-state index is 12.7. The average molecular weight is 495 g/mol. The summed E-state index contributed by atoms with van der Waals surface area (Å²) in [4.78, 5) is 6.29. The van der Waals surface area contributed by atoms with Gasteiger partial charge in [0.1, 0.15) is 10.0 Å². The van der Waals surface area contributed by atoms with Gasteiger partial charge in [-0.15, -0.1) is 21.5 Å². The zero-order valence-corrected chi connectivity index (χ0v) is 18.8. The van der Waals surface area contributed by atoms with Crippen molar-refractivity contribution in [1.82, 2.24) is 19.5 Å². The predicted octanol–water partition coefficient (Wildman–Crippen LogP) is 3.26. The van der Waals surface area contributed by atoms with Gasteiger partial charge in [-0.1, -0.05) is 0 Å². The van der Waals surface area contributed by atoms with E-state index < -0.39 is 10.0 Å². The molecule has 11 heteroatoms. The number of aryl methyl sites for hydroxylation is 1. The number of pyridine rings is 1. The molecule has 0 amide bonds. The summed E-state index contributed by atoms with van der Waals surface area (Å²) >= 11 is 4.55. The van der Waals surface area contributed by atoms with E-state index in [0.717, 1.165) is 15.2 Å². The third kappa shape index (κ3) is 4.58. The fourth-order valence-corrected chi connectivity index (χ4v) is 6.60. The van der Waals surface area contributed by atoms with Crippen LogP contribution < -0.4 is 10.2 Å². The highest BCUT2D eigenvalue weighted by Gasteiger charge is 2.30. The third-order valence-corrected chi connectivity index (χ3v) is 8.52. The number of anilines is 3. The lowest BCUT2D eigenvalue weighted by Gasteiger charge is -2.34. The summed E-state index contributed by atoms with van der Waals surface area (Å²) in [7, 11) is -3.45. The van der Waals surface area contributed by atoms with Crippen LogP contribution in [-0.2, 0) is 10.0 Å². The molecule has 4 rings (SSSR count). The fourth-order valence-electron chi connectivity index (χ4n) is 3.02. The minimum absolute atomic E-state index is 0.359. The topological polar surface area (TPSA) is 91.3 Å². The second-order valence-corrected chi connectivity index (χ2v) is 11.2. The molecule has 0 radical (unpaired) electrons. The Morgan fingerprint density at radius 3 is 2.45 bits per heavy atom. The smallest absolute Gasteiger partial charge is 0.252 e. The number of sulfonamides is 1. The number of rotatable bonds is 5. The Kier molecular flexibility index (Phi) is 5.81. The molecule has 4 heterocycles. The van der Waals surface area contributed by atoms with E-state index >= 15 is 0 Å². The number of halogens is 1. The van der Waals surface area contributed by atoms with Crippen LogP contribution in [0.3, 0.4) is 0 Å². The van der Waals surface area contributed by atoms with Crippen molar-refractivity contribution in [3.8, 4) is 0 Å². The van der Waals surface area contributed by atoms with E-state index in [0.29, 0.717) is 42.0 Å². The Morgan fingerprint density at radius 1 is 1.03 bits per heavy atom. The minimum atomic E-state index is -3.45. The van der Waals surface area contributed by atoms with Gasteiger partial charge >= 0.3 is 0 Å². The van der Waals surface area contributed by atoms with Crippen LogP contribution in [0.5, 0.6) is 0 Å². The molecular weight excluding hydrogens is 476 g/mol. The first-order valence-electron chi connectivity index (χ1n) is 8.96. The van der Waals surface area contributed by atoms with E-state index in [9.17, 15) is 8.42 Å². The first kappa shape index (κ1) is 20.2. The molecule has 0 unspecified atom stereocenters. The SMILES string of the molecule is Cc1ccnc(Nc2ccc(N3CCN(S(=O)(=O)c4ccc(Br)s4)CC3)nn2)c1. The van der Waals surface area contributed by atoms with Crippen LogP contribution in [-0.4, -0.2) is 54.1 Å². The molecule has 0 atom stereocenters. The third-order valence-electron chi connectivity index (χ3n) is 4.53. The van der Waals surface area contributed by atoms with E-state index in [1.54, 1.807) is 18.3 Å². The van der Waals surface area contributed by atoms with Gasteiger partial charge in [0.15, 0.2) is 11.6 Å². The van der Waals surface area contributed by atoms with Gasteiger partial charge in [0, 0.05) is 32.4 Å². The largest absolute Gasteiger partial charge is 0.352 e. The van der Waals surface area contributed by atoms with Crippen molar-refractivity contribution in [2.24, 2.45) is 0 Å². The van der Waals surface area contributed by atoms with E-state index in [1.807, 2.05) is 36.1 Å². The maximum absolute atomic E-state index is 12.7. The van der Waals surface area contributed by atoms with Gasteiger partial charge in [0.05, 0.1) is 3.79 Å². The molecule has 3 aromatic heterocycles. The van der Waals surface area contributed by atoms with Gasteiger partial charge in [-0.2, -0.15) is 4.31 Å².